The maximum atomic E-state index is 14.6. The Morgan fingerprint density at radius 3 is 2.59 bits per heavy atom. The number of imidazole rings is 1. The summed E-state index contributed by atoms with van der Waals surface area (Å²) < 4.78 is 47.3. The van der Waals surface area contributed by atoms with Gasteiger partial charge in [0.25, 0.3) is 0 Å². The van der Waals surface area contributed by atoms with Crippen molar-refractivity contribution in [2.24, 2.45) is 5.92 Å². The van der Waals surface area contributed by atoms with Gasteiger partial charge in [-0.15, -0.1) is 0 Å². The van der Waals surface area contributed by atoms with Gasteiger partial charge in [0.05, 0.1) is 18.1 Å². The van der Waals surface area contributed by atoms with Crippen molar-refractivity contribution in [2.45, 2.75) is 44.4 Å². The topological polar surface area (TPSA) is 67.9 Å². The molecule has 1 aliphatic rings. The average Bonchev–Trinajstić information content (AvgIpc) is 3.29. The Morgan fingerprint density at radius 1 is 1.09 bits per heavy atom. The molecule has 0 saturated heterocycles. The van der Waals surface area contributed by atoms with Crippen molar-refractivity contribution < 1.29 is 22.7 Å². The van der Waals surface area contributed by atoms with Crippen LogP contribution in [0, 0.1) is 23.4 Å². The Labute approximate surface area is 194 Å². The van der Waals surface area contributed by atoms with E-state index in [0.29, 0.717) is 17.7 Å². The number of carbonyl (C=O) groups is 1. The molecule has 0 amide bonds. The zero-order valence-electron chi connectivity index (χ0n) is 18.9. The number of pyridine rings is 1. The van der Waals surface area contributed by atoms with E-state index in [9.17, 15) is 18.0 Å². The Balaban J connectivity index is 1.36. The second-order valence-electron chi connectivity index (χ2n) is 9.02. The highest BCUT2D eigenvalue weighted by molar-refractivity contribution is 5.94. The number of esters is 1. The third-order valence-corrected chi connectivity index (χ3v) is 7.17. The van der Waals surface area contributed by atoms with Gasteiger partial charge in [-0.3, -0.25) is 4.98 Å². The number of nitrogens with one attached hydrogen (secondary N) is 1. The predicted molar refractivity (Wildman–Crippen MR) is 122 cm³/mol. The second kappa shape index (κ2) is 8.74. The lowest BCUT2D eigenvalue weighted by Crippen LogP contribution is -2.19. The number of H-pyrrole nitrogens is 1. The van der Waals surface area contributed by atoms with Crippen molar-refractivity contribution in [3.05, 3.63) is 70.9 Å². The molecule has 2 aromatic carbocycles. The number of hydrogen-bond donors (Lipinski definition) is 1. The Hall–Kier alpha value is -3.42. The summed E-state index contributed by atoms with van der Waals surface area (Å²) in [5, 5.41) is 0.857. The Kier molecular flexibility index (Phi) is 5.75. The normalized spacial score (nSPS) is 19.4. The van der Waals surface area contributed by atoms with Gasteiger partial charge in [0, 0.05) is 17.5 Å². The third-order valence-electron chi connectivity index (χ3n) is 7.17. The van der Waals surface area contributed by atoms with Crippen molar-refractivity contribution in [1.29, 1.82) is 0 Å². The molecule has 34 heavy (non-hydrogen) atoms. The highest BCUT2D eigenvalue weighted by atomic mass is 19.2. The minimum atomic E-state index is -1.26. The number of fused-ring (bicyclic) bond motifs is 2. The van der Waals surface area contributed by atoms with Crippen LogP contribution in [0.25, 0.3) is 21.9 Å². The Bertz CT molecular complexity index is 1390. The number of ether oxygens (including phenoxy) is 1. The highest BCUT2D eigenvalue weighted by Crippen LogP contribution is 2.43. The molecular weight excluding hydrogens is 443 g/mol. The van der Waals surface area contributed by atoms with Gasteiger partial charge in [0.2, 0.25) is 0 Å². The smallest absolute Gasteiger partial charge is 0.341 e. The molecule has 1 N–H and O–H groups in total. The van der Waals surface area contributed by atoms with Crippen LogP contribution in [0.15, 0.2) is 36.5 Å². The molecule has 4 aromatic rings. The first-order valence-electron chi connectivity index (χ1n) is 11.4. The molecule has 8 heteroatoms. The van der Waals surface area contributed by atoms with Crippen LogP contribution in [0.1, 0.15) is 66.2 Å². The number of benzene rings is 2. The summed E-state index contributed by atoms with van der Waals surface area (Å²) in [5.41, 5.74) is 1.59. The molecule has 1 saturated carbocycles. The van der Waals surface area contributed by atoms with Crippen molar-refractivity contribution in [3.63, 3.8) is 0 Å². The molecule has 0 spiro atoms. The van der Waals surface area contributed by atoms with Gasteiger partial charge in [0.1, 0.15) is 22.7 Å². The fourth-order valence-electron chi connectivity index (χ4n) is 5.23. The largest absolute Gasteiger partial charge is 0.465 e. The molecular formula is C26H24F3N3O2. The van der Waals surface area contributed by atoms with Crippen LogP contribution in [-0.4, -0.2) is 28.0 Å². The first-order chi connectivity index (χ1) is 16.4. The first kappa shape index (κ1) is 22.4. The quantitative estimate of drug-likeness (QED) is 0.353. The lowest BCUT2D eigenvalue weighted by molar-refractivity contribution is 0.0594. The standard InChI is InChI=1S/C26H24F3N3O2/c1-13(25-31-21-12-19(26(33)34-2)22(28)23(29)24(21)32-25)14-3-5-15(6-4-14)17-9-10-30-20-8-7-16(27)11-18(17)20/h7-15H,3-6H2,1-2H3,(H,31,32). The van der Waals surface area contributed by atoms with E-state index >= 15 is 0 Å². The van der Waals surface area contributed by atoms with E-state index in [0.717, 1.165) is 49.3 Å². The summed E-state index contributed by atoms with van der Waals surface area (Å²) in [5.74, 6) is -2.47. The van der Waals surface area contributed by atoms with E-state index in [4.69, 9.17) is 0 Å². The average molecular weight is 467 g/mol. The lowest BCUT2D eigenvalue weighted by Gasteiger charge is -2.32. The summed E-state index contributed by atoms with van der Waals surface area (Å²) in [6.45, 7) is 2.02. The third kappa shape index (κ3) is 3.81. The van der Waals surface area contributed by atoms with Gasteiger partial charge in [-0.2, -0.15) is 0 Å². The highest BCUT2D eigenvalue weighted by Gasteiger charge is 2.30. The van der Waals surface area contributed by atoms with Gasteiger partial charge >= 0.3 is 5.97 Å². The number of carbonyl (C=O) groups excluding carboxylic acids is 1. The summed E-state index contributed by atoms with van der Waals surface area (Å²) in [4.78, 5) is 23.5. The van der Waals surface area contributed by atoms with E-state index in [1.165, 1.54) is 12.1 Å². The summed E-state index contributed by atoms with van der Waals surface area (Å²) in [6, 6.07) is 7.90. The number of rotatable bonds is 4. The number of hydrogen-bond acceptors (Lipinski definition) is 4. The first-order valence-corrected chi connectivity index (χ1v) is 11.4. The molecule has 0 bridgehead atoms. The van der Waals surface area contributed by atoms with Crippen LogP contribution < -0.4 is 0 Å². The Morgan fingerprint density at radius 2 is 1.85 bits per heavy atom. The van der Waals surface area contributed by atoms with Crippen molar-refractivity contribution in [1.82, 2.24) is 15.0 Å². The second-order valence-corrected chi connectivity index (χ2v) is 9.02. The lowest BCUT2D eigenvalue weighted by atomic mass is 9.73. The van der Waals surface area contributed by atoms with Gasteiger partial charge in [0.15, 0.2) is 11.6 Å². The molecule has 1 aliphatic carbocycles. The molecule has 0 aliphatic heterocycles. The zero-order chi connectivity index (χ0) is 24.0. The molecule has 5 rings (SSSR count). The number of aromatic amines is 1. The molecule has 1 atom stereocenters. The number of aromatic nitrogens is 3. The van der Waals surface area contributed by atoms with Crippen LogP contribution in [-0.2, 0) is 4.74 Å². The SMILES string of the molecule is COC(=O)c1cc2[nH]c(C(C)C3CCC(c4ccnc5ccc(F)cc45)CC3)nc2c(F)c1F. The van der Waals surface area contributed by atoms with E-state index in [1.54, 1.807) is 18.3 Å². The van der Waals surface area contributed by atoms with Crippen molar-refractivity contribution in [2.75, 3.05) is 7.11 Å². The van der Waals surface area contributed by atoms with Gasteiger partial charge in [-0.1, -0.05) is 6.92 Å². The number of halogens is 3. The molecule has 176 valence electrons. The molecule has 2 heterocycles. The van der Waals surface area contributed by atoms with E-state index in [1.807, 2.05) is 13.0 Å². The molecule has 2 aromatic heterocycles. The van der Waals surface area contributed by atoms with Crippen molar-refractivity contribution >= 4 is 27.9 Å². The maximum Gasteiger partial charge on any atom is 0.341 e. The van der Waals surface area contributed by atoms with Crippen LogP contribution in [0.2, 0.25) is 0 Å². The maximum absolute atomic E-state index is 14.6. The molecule has 1 fully saturated rings. The number of nitrogens with zero attached hydrogens (tertiary/aromatic N) is 2. The van der Waals surface area contributed by atoms with Gasteiger partial charge in [-0.05, 0) is 73.4 Å². The van der Waals surface area contributed by atoms with Gasteiger partial charge in [-0.25, -0.2) is 22.9 Å². The van der Waals surface area contributed by atoms with Crippen molar-refractivity contribution in [3.8, 4) is 0 Å². The summed E-state index contributed by atoms with van der Waals surface area (Å²) in [7, 11) is 1.12. The van der Waals surface area contributed by atoms with Gasteiger partial charge < -0.3 is 9.72 Å². The number of methoxy groups -OCH3 is 1. The van der Waals surface area contributed by atoms with Crippen LogP contribution in [0.3, 0.4) is 0 Å². The van der Waals surface area contributed by atoms with Crippen LogP contribution in [0.5, 0.6) is 0 Å². The summed E-state index contributed by atoms with van der Waals surface area (Å²) in [6.07, 6.45) is 5.48. The fraction of sp³-hybridized carbons (Fsp3) is 0.346. The van der Waals surface area contributed by atoms with E-state index < -0.39 is 23.2 Å². The fourth-order valence-corrected chi connectivity index (χ4v) is 5.23. The zero-order valence-corrected chi connectivity index (χ0v) is 18.9. The minimum absolute atomic E-state index is 0.0102. The van der Waals surface area contributed by atoms with E-state index in [-0.39, 0.29) is 22.8 Å². The minimum Gasteiger partial charge on any atom is -0.465 e. The molecule has 1 unspecified atom stereocenters. The monoisotopic (exact) mass is 467 g/mol. The van der Waals surface area contributed by atoms with Crippen LogP contribution in [0.4, 0.5) is 13.2 Å². The summed E-state index contributed by atoms with van der Waals surface area (Å²) >= 11 is 0. The molecule has 0 radical (unpaired) electrons. The van der Waals surface area contributed by atoms with E-state index in [2.05, 4.69) is 19.7 Å². The molecule has 5 nitrogen and oxygen atoms in total. The predicted octanol–water partition coefficient (Wildman–Crippen LogP) is 6.39. The van der Waals surface area contributed by atoms with Crippen LogP contribution >= 0.6 is 0 Å².